The minimum absolute atomic E-state index is 0.280. The van der Waals surface area contributed by atoms with Crippen LogP contribution in [-0.2, 0) is 10.9 Å². The van der Waals surface area contributed by atoms with Gasteiger partial charge in [-0.05, 0) is 24.3 Å². The maximum absolute atomic E-state index is 12.8. The van der Waals surface area contributed by atoms with Gasteiger partial charge in [0.25, 0.3) is 0 Å². The fraction of sp³-hybridized carbons (Fsp3) is 0.118. The number of aromatic nitrogens is 2. The summed E-state index contributed by atoms with van der Waals surface area (Å²) >= 11 is 1.23. The molecule has 0 saturated carbocycles. The van der Waals surface area contributed by atoms with Gasteiger partial charge in [-0.2, -0.15) is 13.2 Å². The number of rotatable bonds is 4. The number of carbonyl (C=O) groups excluding carboxylic acids is 1. The van der Waals surface area contributed by atoms with E-state index in [1.165, 1.54) is 43.0 Å². The van der Waals surface area contributed by atoms with E-state index < -0.39 is 17.7 Å². The predicted octanol–water partition coefficient (Wildman–Crippen LogP) is 4.75. The highest BCUT2D eigenvalue weighted by Crippen LogP contribution is 2.32. The van der Waals surface area contributed by atoms with Crippen LogP contribution in [0.25, 0.3) is 11.3 Å². The Balaban J connectivity index is 1.82. The molecule has 0 amide bonds. The van der Waals surface area contributed by atoms with Crippen LogP contribution in [0.1, 0.15) is 15.9 Å². The number of nitrogens with zero attached hydrogens (tertiary/aromatic N) is 2. The minimum Gasteiger partial charge on any atom is -0.465 e. The molecule has 0 bridgehead atoms. The van der Waals surface area contributed by atoms with Crippen LogP contribution in [0.2, 0.25) is 0 Å². The largest absolute Gasteiger partial charge is 0.465 e. The number of thiazole rings is 1. The predicted molar refractivity (Wildman–Crippen MR) is 91.4 cm³/mol. The van der Waals surface area contributed by atoms with Crippen LogP contribution in [0.5, 0.6) is 0 Å². The van der Waals surface area contributed by atoms with E-state index in [9.17, 15) is 18.0 Å². The summed E-state index contributed by atoms with van der Waals surface area (Å²) in [6.45, 7) is 0. The Hall–Kier alpha value is -2.94. The molecule has 0 atom stereocenters. The normalized spacial score (nSPS) is 11.2. The lowest BCUT2D eigenvalue weighted by Gasteiger charge is -2.08. The lowest BCUT2D eigenvalue weighted by molar-refractivity contribution is -0.137. The number of carbonyl (C=O) groups is 1. The van der Waals surface area contributed by atoms with Crippen molar-refractivity contribution < 1.29 is 22.7 Å². The molecule has 134 valence electrons. The number of methoxy groups -OCH3 is 1. The maximum Gasteiger partial charge on any atom is 0.416 e. The van der Waals surface area contributed by atoms with E-state index in [1.54, 1.807) is 11.4 Å². The Morgan fingerprint density at radius 1 is 1.23 bits per heavy atom. The summed E-state index contributed by atoms with van der Waals surface area (Å²) in [4.78, 5) is 19.9. The van der Waals surface area contributed by atoms with Crippen LogP contribution in [-0.4, -0.2) is 23.0 Å². The molecule has 0 aliphatic rings. The molecule has 0 aliphatic heterocycles. The van der Waals surface area contributed by atoms with Gasteiger partial charge in [0.2, 0.25) is 0 Å². The zero-order valence-electron chi connectivity index (χ0n) is 13.4. The highest BCUT2D eigenvalue weighted by atomic mass is 32.1. The average Bonchev–Trinajstić information content (AvgIpc) is 3.09. The molecule has 9 heteroatoms. The van der Waals surface area contributed by atoms with Crippen LogP contribution in [0, 0.1) is 0 Å². The van der Waals surface area contributed by atoms with Crippen molar-refractivity contribution in [2.75, 3.05) is 12.4 Å². The Bertz CT molecular complexity index is 941. The number of alkyl halides is 3. The molecular weight excluding hydrogens is 367 g/mol. The lowest BCUT2D eigenvalue weighted by atomic mass is 10.2. The van der Waals surface area contributed by atoms with Crippen LogP contribution in [0.3, 0.4) is 0 Å². The molecule has 0 aliphatic carbocycles. The standard InChI is InChI=1S/C17H12F3N3O2S/c1-25-15(24)11-5-10(7-21-8-11)14-9-26-16(23-14)22-13-4-2-3-12(6-13)17(18,19)20/h2-9H,1H3,(H,22,23). The lowest BCUT2D eigenvalue weighted by Crippen LogP contribution is -2.05. The second-order valence-corrected chi connectivity index (χ2v) is 6.05. The topological polar surface area (TPSA) is 64.1 Å². The molecule has 0 spiro atoms. The summed E-state index contributed by atoms with van der Waals surface area (Å²) in [5.74, 6) is -0.517. The Kier molecular flexibility index (Phi) is 4.90. The van der Waals surface area contributed by atoms with Crippen molar-refractivity contribution in [3.05, 3.63) is 59.2 Å². The maximum atomic E-state index is 12.8. The smallest absolute Gasteiger partial charge is 0.416 e. The number of benzene rings is 1. The number of halogens is 3. The number of esters is 1. The molecule has 3 aromatic rings. The molecular formula is C17H12F3N3O2S. The second kappa shape index (κ2) is 7.12. The third kappa shape index (κ3) is 3.99. The quantitative estimate of drug-likeness (QED) is 0.663. The first-order valence-electron chi connectivity index (χ1n) is 7.30. The van der Waals surface area contributed by atoms with Gasteiger partial charge in [-0.25, -0.2) is 9.78 Å². The van der Waals surface area contributed by atoms with E-state index in [2.05, 4.69) is 20.0 Å². The first-order valence-corrected chi connectivity index (χ1v) is 8.18. The summed E-state index contributed by atoms with van der Waals surface area (Å²) in [6, 6.07) is 6.45. The van der Waals surface area contributed by atoms with Crippen LogP contribution in [0.4, 0.5) is 24.0 Å². The van der Waals surface area contributed by atoms with E-state index in [4.69, 9.17) is 0 Å². The molecule has 0 saturated heterocycles. The van der Waals surface area contributed by atoms with E-state index in [1.807, 2.05) is 0 Å². The molecule has 0 unspecified atom stereocenters. The third-order valence-corrected chi connectivity index (χ3v) is 4.16. The summed E-state index contributed by atoms with van der Waals surface area (Å²) in [5.41, 5.74) is 0.964. The first kappa shape index (κ1) is 17.9. The van der Waals surface area contributed by atoms with Crippen molar-refractivity contribution in [1.82, 2.24) is 9.97 Å². The van der Waals surface area contributed by atoms with Crippen molar-refractivity contribution in [2.24, 2.45) is 0 Å². The molecule has 1 N–H and O–H groups in total. The zero-order valence-corrected chi connectivity index (χ0v) is 14.2. The van der Waals surface area contributed by atoms with Gasteiger partial charge in [0.1, 0.15) is 0 Å². The van der Waals surface area contributed by atoms with E-state index in [0.717, 1.165) is 12.1 Å². The second-order valence-electron chi connectivity index (χ2n) is 5.20. The van der Waals surface area contributed by atoms with Gasteiger partial charge in [0.15, 0.2) is 5.13 Å². The Labute approximate surface area is 150 Å². The minimum atomic E-state index is -4.41. The number of anilines is 2. The first-order chi connectivity index (χ1) is 12.4. The molecule has 26 heavy (non-hydrogen) atoms. The fourth-order valence-corrected chi connectivity index (χ4v) is 2.91. The summed E-state index contributed by atoms with van der Waals surface area (Å²) in [6.07, 6.45) is -1.50. The number of nitrogens with one attached hydrogen (secondary N) is 1. The highest BCUT2D eigenvalue weighted by molar-refractivity contribution is 7.14. The van der Waals surface area contributed by atoms with Gasteiger partial charge in [-0.3, -0.25) is 4.98 Å². The highest BCUT2D eigenvalue weighted by Gasteiger charge is 2.30. The Morgan fingerprint density at radius 2 is 2.04 bits per heavy atom. The number of ether oxygens (including phenoxy) is 1. The number of pyridine rings is 1. The van der Waals surface area contributed by atoms with Gasteiger partial charge in [0, 0.05) is 29.0 Å². The van der Waals surface area contributed by atoms with Gasteiger partial charge in [-0.1, -0.05) is 6.07 Å². The number of hydrogen-bond acceptors (Lipinski definition) is 6. The van der Waals surface area contributed by atoms with Gasteiger partial charge in [-0.15, -0.1) is 11.3 Å². The molecule has 2 aromatic heterocycles. The summed E-state index contributed by atoms with van der Waals surface area (Å²) in [7, 11) is 1.27. The Morgan fingerprint density at radius 3 is 2.77 bits per heavy atom. The van der Waals surface area contributed by atoms with Gasteiger partial charge >= 0.3 is 12.1 Å². The van der Waals surface area contributed by atoms with E-state index in [0.29, 0.717) is 16.4 Å². The van der Waals surface area contributed by atoms with E-state index in [-0.39, 0.29) is 11.3 Å². The van der Waals surface area contributed by atoms with Crippen molar-refractivity contribution in [3.63, 3.8) is 0 Å². The summed E-state index contributed by atoms with van der Waals surface area (Å²) < 4.78 is 43.0. The molecule has 0 fully saturated rings. The van der Waals surface area contributed by atoms with Crippen LogP contribution < -0.4 is 5.32 Å². The van der Waals surface area contributed by atoms with Crippen LogP contribution in [0.15, 0.2) is 48.1 Å². The number of hydrogen-bond donors (Lipinski definition) is 1. The van der Waals surface area contributed by atoms with Crippen molar-refractivity contribution >= 4 is 28.1 Å². The molecule has 5 nitrogen and oxygen atoms in total. The monoisotopic (exact) mass is 379 g/mol. The molecule has 0 radical (unpaired) electrons. The third-order valence-electron chi connectivity index (χ3n) is 3.40. The molecule has 2 heterocycles. The van der Waals surface area contributed by atoms with Crippen molar-refractivity contribution in [3.8, 4) is 11.3 Å². The van der Waals surface area contributed by atoms with Crippen LogP contribution >= 0.6 is 11.3 Å². The van der Waals surface area contributed by atoms with Gasteiger partial charge < -0.3 is 10.1 Å². The SMILES string of the molecule is COC(=O)c1cncc(-c2csc(Nc3cccc(C(F)(F)F)c3)n2)c1. The average molecular weight is 379 g/mol. The molecule has 1 aromatic carbocycles. The van der Waals surface area contributed by atoms with Crippen molar-refractivity contribution in [2.45, 2.75) is 6.18 Å². The summed E-state index contributed by atoms with van der Waals surface area (Å²) in [5, 5.41) is 4.99. The van der Waals surface area contributed by atoms with Gasteiger partial charge in [0.05, 0.1) is 23.9 Å². The van der Waals surface area contributed by atoms with E-state index >= 15 is 0 Å². The fourth-order valence-electron chi connectivity index (χ4n) is 2.17. The molecule has 3 rings (SSSR count). The van der Waals surface area contributed by atoms with Crippen molar-refractivity contribution in [1.29, 1.82) is 0 Å². The zero-order chi connectivity index (χ0) is 18.7.